The van der Waals surface area contributed by atoms with Crippen molar-refractivity contribution in [1.82, 2.24) is 4.90 Å². The van der Waals surface area contributed by atoms with Crippen LogP contribution in [0.25, 0.3) is 0 Å². The van der Waals surface area contributed by atoms with Gasteiger partial charge >= 0.3 is 0 Å². The van der Waals surface area contributed by atoms with Crippen LogP contribution in [0.3, 0.4) is 0 Å². The van der Waals surface area contributed by atoms with Crippen molar-refractivity contribution in [2.24, 2.45) is 17.1 Å². The standard InChI is InChI=1S/C14H28N2O/c1-14(2,10-15)11-16(3)13(17)9-5-8-12-6-4-7-12/h12H,4-11,15H2,1-3H3. The maximum absolute atomic E-state index is 11.9. The van der Waals surface area contributed by atoms with Crippen molar-refractivity contribution in [3.8, 4) is 0 Å². The molecule has 3 heteroatoms. The van der Waals surface area contributed by atoms with E-state index in [1.807, 2.05) is 11.9 Å². The third kappa shape index (κ3) is 5.07. The zero-order valence-corrected chi connectivity index (χ0v) is 11.7. The molecule has 0 unspecified atom stereocenters. The molecular formula is C14H28N2O. The first-order valence-electron chi connectivity index (χ1n) is 6.88. The molecule has 0 atom stereocenters. The van der Waals surface area contributed by atoms with Gasteiger partial charge in [0.1, 0.15) is 0 Å². The first-order valence-corrected chi connectivity index (χ1v) is 6.88. The van der Waals surface area contributed by atoms with Gasteiger partial charge in [0.25, 0.3) is 0 Å². The maximum Gasteiger partial charge on any atom is 0.222 e. The van der Waals surface area contributed by atoms with Crippen molar-refractivity contribution in [2.45, 2.75) is 52.4 Å². The molecule has 1 aliphatic rings. The number of amides is 1. The van der Waals surface area contributed by atoms with Crippen molar-refractivity contribution >= 4 is 5.91 Å². The van der Waals surface area contributed by atoms with Crippen molar-refractivity contribution in [2.75, 3.05) is 20.1 Å². The Morgan fingerprint density at radius 3 is 2.53 bits per heavy atom. The van der Waals surface area contributed by atoms with E-state index in [9.17, 15) is 4.79 Å². The summed E-state index contributed by atoms with van der Waals surface area (Å²) in [6.45, 7) is 5.58. The second-order valence-corrected chi connectivity index (χ2v) is 6.31. The highest BCUT2D eigenvalue weighted by atomic mass is 16.2. The molecule has 0 saturated heterocycles. The Labute approximate surface area is 106 Å². The van der Waals surface area contributed by atoms with Crippen molar-refractivity contribution in [3.05, 3.63) is 0 Å². The van der Waals surface area contributed by atoms with E-state index < -0.39 is 0 Å². The van der Waals surface area contributed by atoms with Crippen molar-refractivity contribution < 1.29 is 4.79 Å². The average molecular weight is 240 g/mol. The quantitative estimate of drug-likeness (QED) is 0.742. The smallest absolute Gasteiger partial charge is 0.222 e. The van der Waals surface area contributed by atoms with E-state index in [-0.39, 0.29) is 11.3 Å². The Kier molecular flexibility index (Phi) is 5.44. The minimum Gasteiger partial charge on any atom is -0.345 e. The molecule has 1 aliphatic carbocycles. The van der Waals surface area contributed by atoms with Gasteiger partial charge in [0, 0.05) is 20.0 Å². The molecule has 2 N–H and O–H groups in total. The summed E-state index contributed by atoms with van der Waals surface area (Å²) < 4.78 is 0. The molecule has 1 rings (SSSR count). The molecule has 0 radical (unpaired) electrons. The molecule has 1 amide bonds. The highest BCUT2D eigenvalue weighted by Gasteiger charge is 2.21. The van der Waals surface area contributed by atoms with Crippen molar-refractivity contribution in [1.29, 1.82) is 0 Å². The van der Waals surface area contributed by atoms with E-state index >= 15 is 0 Å². The van der Waals surface area contributed by atoms with Crippen LogP contribution < -0.4 is 5.73 Å². The zero-order valence-electron chi connectivity index (χ0n) is 11.7. The summed E-state index contributed by atoms with van der Waals surface area (Å²) in [6, 6.07) is 0. The summed E-state index contributed by atoms with van der Waals surface area (Å²) in [5, 5.41) is 0. The molecular weight excluding hydrogens is 212 g/mol. The zero-order chi connectivity index (χ0) is 12.9. The maximum atomic E-state index is 11.9. The first-order chi connectivity index (χ1) is 7.94. The van der Waals surface area contributed by atoms with E-state index in [0.717, 1.165) is 18.9 Å². The number of nitrogens with zero attached hydrogens (tertiary/aromatic N) is 1. The molecule has 100 valence electrons. The van der Waals surface area contributed by atoms with Gasteiger partial charge in [0.15, 0.2) is 0 Å². The van der Waals surface area contributed by atoms with Gasteiger partial charge in [0.2, 0.25) is 5.91 Å². The van der Waals surface area contributed by atoms with Crippen molar-refractivity contribution in [3.63, 3.8) is 0 Å². The second-order valence-electron chi connectivity index (χ2n) is 6.31. The summed E-state index contributed by atoms with van der Waals surface area (Å²) >= 11 is 0. The van der Waals surface area contributed by atoms with Gasteiger partial charge in [-0.15, -0.1) is 0 Å². The number of nitrogens with two attached hydrogens (primary N) is 1. The summed E-state index contributed by atoms with van der Waals surface area (Å²) in [4.78, 5) is 13.8. The molecule has 1 saturated carbocycles. The molecule has 0 spiro atoms. The largest absolute Gasteiger partial charge is 0.345 e. The summed E-state index contributed by atoms with van der Waals surface area (Å²) in [7, 11) is 1.89. The van der Waals surface area contributed by atoms with Gasteiger partial charge in [-0.05, 0) is 30.7 Å². The van der Waals surface area contributed by atoms with Gasteiger partial charge < -0.3 is 10.6 Å². The fourth-order valence-electron chi connectivity index (χ4n) is 2.31. The molecule has 0 aromatic heterocycles. The lowest BCUT2D eigenvalue weighted by atomic mass is 9.82. The molecule has 0 heterocycles. The normalized spacial score (nSPS) is 16.7. The Morgan fingerprint density at radius 1 is 1.41 bits per heavy atom. The number of hydrogen-bond acceptors (Lipinski definition) is 2. The number of carbonyl (C=O) groups excluding carboxylic acids is 1. The lowest BCUT2D eigenvalue weighted by Gasteiger charge is -2.29. The van der Waals surface area contributed by atoms with Crippen LogP contribution in [-0.2, 0) is 4.79 Å². The first kappa shape index (κ1) is 14.5. The Morgan fingerprint density at radius 2 is 2.06 bits per heavy atom. The van der Waals surface area contributed by atoms with Crippen LogP contribution in [0.1, 0.15) is 52.4 Å². The number of carbonyl (C=O) groups is 1. The highest BCUT2D eigenvalue weighted by Crippen LogP contribution is 2.30. The van der Waals surface area contributed by atoms with Gasteiger partial charge in [-0.25, -0.2) is 0 Å². The lowest BCUT2D eigenvalue weighted by Crippen LogP contribution is -2.39. The van der Waals surface area contributed by atoms with Crippen LogP contribution in [0.5, 0.6) is 0 Å². The predicted molar refractivity (Wildman–Crippen MR) is 71.7 cm³/mol. The van der Waals surface area contributed by atoms with E-state index in [0.29, 0.717) is 13.0 Å². The molecule has 0 bridgehead atoms. The predicted octanol–water partition coefficient (Wildman–Crippen LogP) is 2.40. The third-order valence-corrected chi connectivity index (χ3v) is 3.87. The number of hydrogen-bond donors (Lipinski definition) is 1. The minimum atomic E-state index is 0.0262. The molecule has 0 aliphatic heterocycles. The van der Waals surface area contributed by atoms with E-state index in [4.69, 9.17) is 5.73 Å². The Bertz CT molecular complexity index is 247. The second kappa shape index (κ2) is 6.39. The average Bonchev–Trinajstić information content (AvgIpc) is 2.20. The molecule has 17 heavy (non-hydrogen) atoms. The van der Waals surface area contributed by atoms with Crippen LogP contribution >= 0.6 is 0 Å². The van der Waals surface area contributed by atoms with Gasteiger partial charge in [-0.2, -0.15) is 0 Å². The Hall–Kier alpha value is -0.570. The fourth-order valence-corrected chi connectivity index (χ4v) is 2.31. The molecule has 1 fully saturated rings. The Balaban J connectivity index is 2.16. The van der Waals surface area contributed by atoms with Crippen LogP contribution in [0.2, 0.25) is 0 Å². The SMILES string of the molecule is CN(CC(C)(C)CN)C(=O)CCCC1CCC1. The van der Waals surface area contributed by atoms with Gasteiger partial charge in [-0.1, -0.05) is 33.1 Å². The minimum absolute atomic E-state index is 0.0262. The van der Waals surface area contributed by atoms with Crippen LogP contribution in [-0.4, -0.2) is 30.9 Å². The summed E-state index contributed by atoms with van der Waals surface area (Å²) in [6.07, 6.45) is 7.14. The summed E-state index contributed by atoms with van der Waals surface area (Å²) in [5.41, 5.74) is 5.71. The van der Waals surface area contributed by atoms with E-state index in [1.165, 1.54) is 25.7 Å². The molecule has 0 aromatic rings. The van der Waals surface area contributed by atoms with Gasteiger partial charge in [-0.3, -0.25) is 4.79 Å². The van der Waals surface area contributed by atoms with E-state index in [1.54, 1.807) is 0 Å². The number of rotatable bonds is 7. The van der Waals surface area contributed by atoms with Gasteiger partial charge in [0.05, 0.1) is 0 Å². The van der Waals surface area contributed by atoms with Crippen LogP contribution in [0.4, 0.5) is 0 Å². The topological polar surface area (TPSA) is 46.3 Å². The lowest BCUT2D eigenvalue weighted by molar-refractivity contribution is -0.131. The van der Waals surface area contributed by atoms with E-state index in [2.05, 4.69) is 13.8 Å². The molecule has 0 aromatic carbocycles. The van der Waals surface area contributed by atoms with Crippen LogP contribution in [0, 0.1) is 11.3 Å². The molecule has 3 nitrogen and oxygen atoms in total. The monoisotopic (exact) mass is 240 g/mol. The summed E-state index contributed by atoms with van der Waals surface area (Å²) in [5.74, 6) is 1.18. The highest BCUT2D eigenvalue weighted by molar-refractivity contribution is 5.75. The third-order valence-electron chi connectivity index (χ3n) is 3.87. The fraction of sp³-hybridized carbons (Fsp3) is 0.929. The van der Waals surface area contributed by atoms with Crippen LogP contribution in [0.15, 0.2) is 0 Å².